The lowest BCUT2D eigenvalue weighted by Crippen LogP contribution is -2.09. The number of nitrogens with zero attached hydrogens (tertiary/aromatic N) is 4. The SMILES string of the molecule is CCNc1nc(NCc2ncn(C)n2)c(F)cc1F. The topological polar surface area (TPSA) is 67.7 Å². The monoisotopic (exact) mass is 268 g/mol. The Balaban J connectivity index is 2.13. The summed E-state index contributed by atoms with van der Waals surface area (Å²) in [6.45, 7) is 2.51. The van der Waals surface area contributed by atoms with Crippen LogP contribution in [0.3, 0.4) is 0 Å². The summed E-state index contributed by atoms with van der Waals surface area (Å²) in [4.78, 5) is 7.84. The molecular formula is C11H14F2N6. The average molecular weight is 268 g/mol. The first-order valence-corrected chi connectivity index (χ1v) is 5.78. The fourth-order valence-electron chi connectivity index (χ4n) is 1.51. The lowest BCUT2D eigenvalue weighted by atomic mass is 10.4. The Hall–Kier alpha value is -2.25. The van der Waals surface area contributed by atoms with Crippen molar-refractivity contribution in [2.45, 2.75) is 13.5 Å². The Labute approximate surface area is 108 Å². The molecule has 2 N–H and O–H groups in total. The van der Waals surface area contributed by atoms with Gasteiger partial charge in [0, 0.05) is 19.7 Å². The highest BCUT2D eigenvalue weighted by molar-refractivity contribution is 5.47. The summed E-state index contributed by atoms with van der Waals surface area (Å²) in [5.74, 6) is -1.00. The van der Waals surface area contributed by atoms with Gasteiger partial charge in [-0.15, -0.1) is 0 Å². The fourth-order valence-corrected chi connectivity index (χ4v) is 1.51. The van der Waals surface area contributed by atoms with Gasteiger partial charge in [0.1, 0.15) is 6.33 Å². The Morgan fingerprint density at radius 1 is 1.21 bits per heavy atom. The van der Waals surface area contributed by atoms with E-state index >= 15 is 0 Å². The summed E-state index contributed by atoms with van der Waals surface area (Å²) in [7, 11) is 1.73. The molecule has 0 atom stereocenters. The van der Waals surface area contributed by atoms with Gasteiger partial charge in [-0.2, -0.15) is 5.10 Å². The van der Waals surface area contributed by atoms with Crippen LogP contribution in [0.2, 0.25) is 0 Å². The number of anilines is 2. The number of aromatic nitrogens is 4. The van der Waals surface area contributed by atoms with E-state index in [-0.39, 0.29) is 18.2 Å². The number of aryl methyl sites for hydroxylation is 1. The second kappa shape index (κ2) is 5.59. The van der Waals surface area contributed by atoms with E-state index in [0.717, 1.165) is 6.07 Å². The van der Waals surface area contributed by atoms with Crippen LogP contribution in [0.5, 0.6) is 0 Å². The van der Waals surface area contributed by atoms with Crippen LogP contribution in [-0.2, 0) is 13.6 Å². The van der Waals surface area contributed by atoms with Gasteiger partial charge in [-0.25, -0.2) is 18.7 Å². The maximum atomic E-state index is 13.5. The van der Waals surface area contributed by atoms with Crippen molar-refractivity contribution in [2.24, 2.45) is 7.05 Å². The Morgan fingerprint density at radius 2 is 1.89 bits per heavy atom. The number of halogens is 2. The third kappa shape index (κ3) is 3.15. The van der Waals surface area contributed by atoms with Gasteiger partial charge in [0.15, 0.2) is 29.1 Å². The second-order valence-electron chi connectivity index (χ2n) is 3.87. The first kappa shape index (κ1) is 13.2. The fraction of sp³-hybridized carbons (Fsp3) is 0.364. The molecule has 0 amide bonds. The molecule has 2 aromatic rings. The van der Waals surface area contributed by atoms with Gasteiger partial charge in [-0.05, 0) is 6.92 Å². The van der Waals surface area contributed by atoms with Crippen LogP contribution in [0.4, 0.5) is 20.4 Å². The largest absolute Gasteiger partial charge is 0.368 e. The Morgan fingerprint density at radius 3 is 2.47 bits per heavy atom. The number of hydrogen-bond donors (Lipinski definition) is 2. The minimum Gasteiger partial charge on any atom is -0.368 e. The van der Waals surface area contributed by atoms with Gasteiger partial charge in [0.05, 0.1) is 6.54 Å². The predicted octanol–water partition coefficient (Wildman–Crippen LogP) is 1.53. The van der Waals surface area contributed by atoms with Crippen molar-refractivity contribution in [3.8, 4) is 0 Å². The molecule has 0 aliphatic heterocycles. The highest BCUT2D eigenvalue weighted by Gasteiger charge is 2.11. The smallest absolute Gasteiger partial charge is 0.169 e. The van der Waals surface area contributed by atoms with Crippen LogP contribution < -0.4 is 10.6 Å². The number of rotatable bonds is 5. The summed E-state index contributed by atoms with van der Waals surface area (Å²) in [6.07, 6.45) is 1.54. The van der Waals surface area contributed by atoms with Crippen molar-refractivity contribution in [3.05, 3.63) is 29.9 Å². The van der Waals surface area contributed by atoms with Crippen molar-refractivity contribution in [2.75, 3.05) is 17.2 Å². The van der Waals surface area contributed by atoms with E-state index in [4.69, 9.17) is 0 Å². The van der Waals surface area contributed by atoms with Gasteiger partial charge in [0.2, 0.25) is 0 Å². The van der Waals surface area contributed by atoms with Crippen LogP contribution in [0.25, 0.3) is 0 Å². The molecular weight excluding hydrogens is 254 g/mol. The molecule has 0 saturated heterocycles. The quantitative estimate of drug-likeness (QED) is 0.860. The zero-order valence-electron chi connectivity index (χ0n) is 10.6. The van der Waals surface area contributed by atoms with Crippen molar-refractivity contribution in [1.82, 2.24) is 19.7 Å². The molecule has 0 unspecified atom stereocenters. The molecule has 0 aromatic carbocycles. The Bertz CT molecular complexity index is 568. The minimum absolute atomic E-state index is 0.0142. The summed E-state index contributed by atoms with van der Waals surface area (Å²) in [5, 5.41) is 9.49. The lowest BCUT2D eigenvalue weighted by Gasteiger charge is -2.09. The molecule has 0 aliphatic carbocycles. The summed E-state index contributed by atoms with van der Waals surface area (Å²) < 4.78 is 28.4. The van der Waals surface area contributed by atoms with Gasteiger partial charge < -0.3 is 10.6 Å². The molecule has 19 heavy (non-hydrogen) atoms. The minimum atomic E-state index is -0.755. The second-order valence-corrected chi connectivity index (χ2v) is 3.87. The summed E-state index contributed by atoms with van der Waals surface area (Å²) in [6, 6.07) is 0.791. The highest BCUT2D eigenvalue weighted by Crippen LogP contribution is 2.19. The van der Waals surface area contributed by atoms with E-state index in [9.17, 15) is 8.78 Å². The molecule has 2 heterocycles. The first-order chi connectivity index (χ1) is 9.10. The highest BCUT2D eigenvalue weighted by atomic mass is 19.1. The van der Waals surface area contributed by atoms with Crippen LogP contribution in [0.15, 0.2) is 12.4 Å². The first-order valence-electron chi connectivity index (χ1n) is 5.78. The molecule has 0 aliphatic rings. The van der Waals surface area contributed by atoms with Crippen molar-refractivity contribution >= 4 is 11.6 Å². The van der Waals surface area contributed by atoms with E-state index in [1.54, 1.807) is 14.0 Å². The van der Waals surface area contributed by atoms with Gasteiger partial charge in [-0.3, -0.25) is 4.68 Å². The molecule has 6 nitrogen and oxygen atoms in total. The lowest BCUT2D eigenvalue weighted by molar-refractivity contribution is 0.578. The van der Waals surface area contributed by atoms with E-state index in [0.29, 0.717) is 12.4 Å². The molecule has 0 spiro atoms. The van der Waals surface area contributed by atoms with Gasteiger partial charge in [0.25, 0.3) is 0 Å². The molecule has 2 aromatic heterocycles. The van der Waals surface area contributed by atoms with E-state index < -0.39 is 11.6 Å². The average Bonchev–Trinajstić information content (AvgIpc) is 2.77. The summed E-state index contributed by atoms with van der Waals surface area (Å²) in [5.41, 5.74) is 0. The molecule has 102 valence electrons. The molecule has 0 bridgehead atoms. The van der Waals surface area contributed by atoms with E-state index in [1.807, 2.05) is 0 Å². The van der Waals surface area contributed by atoms with Crippen LogP contribution >= 0.6 is 0 Å². The number of hydrogen-bond acceptors (Lipinski definition) is 5. The predicted molar refractivity (Wildman–Crippen MR) is 66.6 cm³/mol. The van der Waals surface area contributed by atoms with Crippen molar-refractivity contribution in [1.29, 1.82) is 0 Å². The Kier molecular flexibility index (Phi) is 3.88. The van der Waals surface area contributed by atoms with Crippen LogP contribution in [0.1, 0.15) is 12.7 Å². The van der Waals surface area contributed by atoms with E-state index in [1.165, 1.54) is 11.0 Å². The van der Waals surface area contributed by atoms with Crippen LogP contribution in [-0.4, -0.2) is 26.3 Å². The zero-order chi connectivity index (χ0) is 13.8. The maximum Gasteiger partial charge on any atom is 0.169 e. The molecule has 0 saturated carbocycles. The molecule has 0 radical (unpaired) electrons. The van der Waals surface area contributed by atoms with Gasteiger partial charge in [-0.1, -0.05) is 0 Å². The van der Waals surface area contributed by atoms with Crippen LogP contribution in [0, 0.1) is 11.6 Å². The maximum absolute atomic E-state index is 13.5. The van der Waals surface area contributed by atoms with Gasteiger partial charge >= 0.3 is 0 Å². The normalized spacial score (nSPS) is 10.5. The number of nitrogens with one attached hydrogen (secondary N) is 2. The standard InChI is InChI=1S/C11H14F2N6/c1-3-14-10-7(12)4-8(13)11(17-10)15-5-9-16-6-19(2)18-9/h4,6H,3,5H2,1-2H3,(H2,14,15,17). The van der Waals surface area contributed by atoms with Crippen molar-refractivity contribution in [3.63, 3.8) is 0 Å². The third-order valence-electron chi connectivity index (χ3n) is 2.33. The molecule has 8 heteroatoms. The molecule has 0 fully saturated rings. The molecule has 2 rings (SSSR count). The van der Waals surface area contributed by atoms with Crippen molar-refractivity contribution < 1.29 is 8.78 Å². The third-order valence-corrected chi connectivity index (χ3v) is 2.33. The summed E-state index contributed by atoms with van der Waals surface area (Å²) >= 11 is 0. The van der Waals surface area contributed by atoms with E-state index in [2.05, 4.69) is 25.7 Å². The zero-order valence-corrected chi connectivity index (χ0v) is 10.6. The number of pyridine rings is 1.